The molecule has 0 N–H and O–H groups in total. The van der Waals surface area contributed by atoms with Gasteiger partial charge in [-0.2, -0.15) is 0 Å². The van der Waals surface area contributed by atoms with Crippen LogP contribution < -0.4 is 0 Å². The number of benzene rings is 1. The van der Waals surface area contributed by atoms with Crippen LogP contribution in [0.5, 0.6) is 0 Å². The fraction of sp³-hybridized carbons (Fsp3) is 0.231. The van der Waals surface area contributed by atoms with E-state index in [1.54, 1.807) is 0 Å². The van der Waals surface area contributed by atoms with Crippen LogP contribution in [0.3, 0.4) is 0 Å². The monoisotopic (exact) mass is 187 g/mol. The topological polar surface area (TPSA) is 3.24 Å². The molecule has 1 aromatic rings. The van der Waals surface area contributed by atoms with Gasteiger partial charge in [0.15, 0.2) is 0 Å². The van der Waals surface area contributed by atoms with Crippen molar-refractivity contribution in [2.75, 3.05) is 6.54 Å². The molecule has 0 atom stereocenters. The minimum Gasteiger partial charge on any atom is -0.374 e. The molecular weight excluding hydrogens is 170 g/mol. The van der Waals surface area contributed by atoms with Gasteiger partial charge >= 0.3 is 0 Å². The number of rotatable bonds is 5. The Balaban J connectivity index is 2.67. The van der Waals surface area contributed by atoms with Gasteiger partial charge < -0.3 is 4.90 Å². The first-order valence-electron chi connectivity index (χ1n) is 4.88. The summed E-state index contributed by atoms with van der Waals surface area (Å²) in [7, 11) is 0. The van der Waals surface area contributed by atoms with Crippen molar-refractivity contribution in [3.05, 3.63) is 54.8 Å². The zero-order chi connectivity index (χ0) is 10.4. The minimum absolute atomic E-state index is 0.928. The first-order valence-corrected chi connectivity index (χ1v) is 4.88. The van der Waals surface area contributed by atoms with Crippen LogP contribution in [0.1, 0.15) is 18.1 Å². The summed E-state index contributed by atoms with van der Waals surface area (Å²) in [5.41, 5.74) is 2.47. The third kappa shape index (κ3) is 2.77. The number of hydrogen-bond acceptors (Lipinski definition) is 1. The van der Waals surface area contributed by atoms with Gasteiger partial charge in [-0.25, -0.2) is 0 Å². The second-order valence-electron chi connectivity index (χ2n) is 3.19. The van der Waals surface area contributed by atoms with Crippen LogP contribution in [0, 0.1) is 0 Å². The van der Waals surface area contributed by atoms with Gasteiger partial charge in [0, 0.05) is 13.1 Å². The van der Waals surface area contributed by atoms with E-state index >= 15 is 0 Å². The second-order valence-corrected chi connectivity index (χ2v) is 3.19. The minimum atomic E-state index is 0.928. The quantitative estimate of drug-likeness (QED) is 0.683. The molecule has 0 amide bonds. The Morgan fingerprint density at radius 3 is 2.29 bits per heavy atom. The van der Waals surface area contributed by atoms with Gasteiger partial charge in [0.2, 0.25) is 0 Å². The Kier molecular flexibility index (Phi) is 3.99. The summed E-state index contributed by atoms with van der Waals surface area (Å²) in [6, 6.07) is 8.42. The van der Waals surface area contributed by atoms with Gasteiger partial charge in [-0.1, -0.05) is 43.5 Å². The third-order valence-electron chi connectivity index (χ3n) is 2.27. The zero-order valence-electron chi connectivity index (χ0n) is 8.74. The van der Waals surface area contributed by atoms with Crippen molar-refractivity contribution in [2.45, 2.75) is 13.5 Å². The average molecular weight is 187 g/mol. The van der Waals surface area contributed by atoms with Crippen molar-refractivity contribution in [1.29, 1.82) is 0 Å². The van der Waals surface area contributed by atoms with E-state index in [4.69, 9.17) is 0 Å². The lowest BCUT2D eigenvalue weighted by Gasteiger charge is -2.17. The molecule has 1 heteroatoms. The molecule has 0 radical (unpaired) electrons. The van der Waals surface area contributed by atoms with E-state index in [2.05, 4.69) is 49.2 Å². The summed E-state index contributed by atoms with van der Waals surface area (Å²) in [5.74, 6) is 0. The summed E-state index contributed by atoms with van der Waals surface area (Å²) < 4.78 is 0. The Labute approximate surface area is 86.4 Å². The van der Waals surface area contributed by atoms with Crippen LogP contribution >= 0.6 is 0 Å². The molecule has 14 heavy (non-hydrogen) atoms. The van der Waals surface area contributed by atoms with Crippen LogP contribution in [0.2, 0.25) is 0 Å². The maximum absolute atomic E-state index is 3.77. The largest absolute Gasteiger partial charge is 0.374 e. The summed E-state index contributed by atoms with van der Waals surface area (Å²) in [4.78, 5) is 2.17. The highest BCUT2D eigenvalue weighted by Crippen LogP contribution is 2.08. The Hall–Kier alpha value is -1.50. The van der Waals surface area contributed by atoms with Gasteiger partial charge in [0.05, 0.1) is 0 Å². The van der Waals surface area contributed by atoms with E-state index in [-0.39, 0.29) is 0 Å². The predicted octanol–water partition coefficient (Wildman–Crippen LogP) is 3.30. The van der Waals surface area contributed by atoms with E-state index < -0.39 is 0 Å². The fourth-order valence-corrected chi connectivity index (χ4v) is 1.30. The van der Waals surface area contributed by atoms with Crippen molar-refractivity contribution in [2.24, 2.45) is 0 Å². The standard InChI is InChI=1S/C13H17N/c1-4-12-7-9-13(10-8-12)11-14(5-2)6-3/h4-5,7-10H,1-2,6,11H2,3H3. The zero-order valence-corrected chi connectivity index (χ0v) is 8.74. The summed E-state index contributed by atoms with van der Waals surface area (Å²) in [5, 5.41) is 0. The molecule has 0 saturated heterocycles. The molecular formula is C13H17N. The smallest absolute Gasteiger partial charge is 0.0423 e. The molecule has 1 nitrogen and oxygen atoms in total. The highest BCUT2D eigenvalue weighted by molar-refractivity contribution is 5.47. The van der Waals surface area contributed by atoms with E-state index in [0.717, 1.165) is 18.7 Å². The van der Waals surface area contributed by atoms with Gasteiger partial charge in [-0.05, 0) is 24.3 Å². The van der Waals surface area contributed by atoms with Crippen LogP contribution in [0.4, 0.5) is 0 Å². The molecule has 0 unspecified atom stereocenters. The Morgan fingerprint density at radius 1 is 1.21 bits per heavy atom. The van der Waals surface area contributed by atoms with Crippen LogP contribution in [0.15, 0.2) is 43.6 Å². The molecule has 1 rings (SSSR count). The highest BCUT2D eigenvalue weighted by Gasteiger charge is 1.97. The Bertz CT molecular complexity index is 298. The average Bonchev–Trinajstić information content (AvgIpc) is 2.26. The molecule has 0 aliphatic carbocycles. The first kappa shape index (κ1) is 10.6. The maximum atomic E-state index is 3.77. The Morgan fingerprint density at radius 2 is 1.86 bits per heavy atom. The molecule has 0 saturated carbocycles. The van der Waals surface area contributed by atoms with Gasteiger partial charge in [0.1, 0.15) is 0 Å². The molecule has 74 valence electrons. The van der Waals surface area contributed by atoms with E-state index in [9.17, 15) is 0 Å². The lowest BCUT2D eigenvalue weighted by Crippen LogP contribution is -2.15. The maximum Gasteiger partial charge on any atom is 0.0423 e. The van der Waals surface area contributed by atoms with Crippen molar-refractivity contribution in [1.82, 2.24) is 4.90 Å². The van der Waals surface area contributed by atoms with Crippen molar-refractivity contribution < 1.29 is 0 Å². The number of nitrogens with zero attached hydrogens (tertiary/aromatic N) is 1. The molecule has 0 aliphatic rings. The van der Waals surface area contributed by atoms with Crippen molar-refractivity contribution in [3.8, 4) is 0 Å². The first-order chi connectivity index (χ1) is 6.80. The lowest BCUT2D eigenvalue weighted by atomic mass is 10.1. The van der Waals surface area contributed by atoms with Gasteiger partial charge in [-0.3, -0.25) is 0 Å². The molecule has 0 spiro atoms. The molecule has 0 fully saturated rings. The van der Waals surface area contributed by atoms with E-state index in [1.807, 2.05) is 12.3 Å². The summed E-state index contributed by atoms with van der Waals surface area (Å²) >= 11 is 0. The predicted molar refractivity (Wildman–Crippen MR) is 62.8 cm³/mol. The third-order valence-corrected chi connectivity index (χ3v) is 2.27. The van der Waals surface area contributed by atoms with E-state index in [1.165, 1.54) is 5.56 Å². The molecule has 0 bridgehead atoms. The van der Waals surface area contributed by atoms with E-state index in [0.29, 0.717) is 0 Å². The highest BCUT2D eigenvalue weighted by atomic mass is 15.1. The molecule has 0 aromatic heterocycles. The van der Waals surface area contributed by atoms with Gasteiger partial charge in [0.25, 0.3) is 0 Å². The normalized spacial score (nSPS) is 9.50. The van der Waals surface area contributed by atoms with Crippen LogP contribution in [-0.4, -0.2) is 11.4 Å². The van der Waals surface area contributed by atoms with Crippen LogP contribution in [-0.2, 0) is 6.54 Å². The van der Waals surface area contributed by atoms with Crippen LogP contribution in [0.25, 0.3) is 6.08 Å². The molecule has 0 aliphatic heterocycles. The van der Waals surface area contributed by atoms with Crippen molar-refractivity contribution >= 4 is 6.08 Å². The van der Waals surface area contributed by atoms with Gasteiger partial charge in [-0.15, -0.1) is 0 Å². The lowest BCUT2D eigenvalue weighted by molar-refractivity contribution is 0.391. The second kappa shape index (κ2) is 5.28. The number of hydrogen-bond donors (Lipinski definition) is 0. The summed E-state index contributed by atoms with van der Waals surface area (Å²) in [6.45, 7) is 11.5. The van der Waals surface area contributed by atoms with Crippen molar-refractivity contribution in [3.63, 3.8) is 0 Å². The SMILES string of the molecule is C=Cc1ccc(CN(C=C)CC)cc1. The molecule has 0 heterocycles. The molecule has 1 aromatic carbocycles. The summed E-state index contributed by atoms with van der Waals surface area (Å²) in [6.07, 6.45) is 3.73. The fourth-order valence-electron chi connectivity index (χ4n) is 1.30.